The molecule has 0 radical (unpaired) electrons. The molecule has 0 aromatic heterocycles. The van der Waals surface area contributed by atoms with E-state index in [1.165, 1.54) is 17.9 Å². The van der Waals surface area contributed by atoms with E-state index in [-0.39, 0.29) is 10.7 Å². The molecule has 2 N–H and O–H groups in total. The Labute approximate surface area is 184 Å². The van der Waals surface area contributed by atoms with Crippen LogP contribution in [0, 0.1) is 0 Å². The highest BCUT2D eigenvalue weighted by Crippen LogP contribution is 2.25. The Morgan fingerprint density at radius 1 is 1.13 bits per heavy atom. The largest absolute Gasteiger partial charge is 0.494 e. The highest BCUT2D eigenvalue weighted by atomic mass is 32.1. The fourth-order valence-electron chi connectivity index (χ4n) is 2.81. The molecular formula is C22H20N2O6S. The fraction of sp³-hybridized carbons (Fsp3) is 0.182. The van der Waals surface area contributed by atoms with Gasteiger partial charge in [-0.05, 0) is 74.1 Å². The van der Waals surface area contributed by atoms with E-state index in [9.17, 15) is 14.4 Å². The van der Waals surface area contributed by atoms with Crippen LogP contribution in [0.1, 0.15) is 19.4 Å². The van der Waals surface area contributed by atoms with Crippen molar-refractivity contribution < 1.29 is 29.0 Å². The Bertz CT molecular complexity index is 1050. The number of hydrogen-bond donors (Lipinski definition) is 2. The minimum absolute atomic E-state index is 0.0114. The van der Waals surface area contributed by atoms with Crippen LogP contribution in [0.25, 0.3) is 6.08 Å². The second kappa shape index (κ2) is 9.40. The van der Waals surface area contributed by atoms with Gasteiger partial charge in [0.05, 0.1) is 12.3 Å². The molecule has 160 valence electrons. The summed E-state index contributed by atoms with van der Waals surface area (Å²) in [5.41, 5.74) is 0.971. The number of hydrogen-bond acceptors (Lipinski definition) is 6. The quantitative estimate of drug-likeness (QED) is 0.387. The summed E-state index contributed by atoms with van der Waals surface area (Å²) >= 11 is 5.19. The number of benzene rings is 2. The molecule has 1 aliphatic heterocycles. The van der Waals surface area contributed by atoms with Gasteiger partial charge < -0.3 is 14.6 Å². The van der Waals surface area contributed by atoms with Gasteiger partial charge in [-0.25, -0.2) is 4.79 Å². The number of nitrogens with zero attached hydrogens (tertiary/aromatic N) is 1. The van der Waals surface area contributed by atoms with Crippen molar-refractivity contribution >= 4 is 46.9 Å². The van der Waals surface area contributed by atoms with Crippen molar-refractivity contribution in [3.05, 3.63) is 59.7 Å². The zero-order chi connectivity index (χ0) is 22.5. The van der Waals surface area contributed by atoms with E-state index in [4.69, 9.17) is 26.8 Å². The van der Waals surface area contributed by atoms with Crippen LogP contribution in [0.15, 0.2) is 54.1 Å². The second-order valence-electron chi connectivity index (χ2n) is 6.55. The predicted octanol–water partition coefficient (Wildman–Crippen LogP) is 2.77. The van der Waals surface area contributed by atoms with Crippen molar-refractivity contribution in [1.29, 1.82) is 0 Å². The van der Waals surface area contributed by atoms with Crippen LogP contribution in [-0.4, -0.2) is 40.7 Å². The van der Waals surface area contributed by atoms with Gasteiger partial charge >= 0.3 is 5.97 Å². The first kappa shape index (κ1) is 22.0. The zero-order valence-corrected chi connectivity index (χ0v) is 17.6. The molecule has 2 aromatic carbocycles. The number of ether oxygens (including phenoxy) is 2. The van der Waals surface area contributed by atoms with Crippen LogP contribution >= 0.6 is 12.2 Å². The third-order valence-electron chi connectivity index (χ3n) is 4.36. The molecule has 1 saturated heterocycles. The van der Waals surface area contributed by atoms with Gasteiger partial charge in [0, 0.05) is 0 Å². The molecule has 0 aliphatic carbocycles. The number of thiocarbonyl (C=S) groups is 1. The first-order chi connectivity index (χ1) is 14.8. The molecule has 31 heavy (non-hydrogen) atoms. The van der Waals surface area contributed by atoms with E-state index < -0.39 is 23.9 Å². The Morgan fingerprint density at radius 3 is 2.32 bits per heavy atom. The normalized spacial score (nSPS) is 16.1. The summed E-state index contributed by atoms with van der Waals surface area (Å²) in [6.45, 7) is 3.80. The maximum atomic E-state index is 13.0. The van der Waals surface area contributed by atoms with Gasteiger partial charge in [0.25, 0.3) is 11.8 Å². The van der Waals surface area contributed by atoms with Crippen molar-refractivity contribution in [1.82, 2.24) is 5.32 Å². The van der Waals surface area contributed by atoms with Crippen molar-refractivity contribution in [3.63, 3.8) is 0 Å². The Kier molecular flexibility index (Phi) is 6.66. The van der Waals surface area contributed by atoms with Crippen molar-refractivity contribution in [2.45, 2.75) is 20.0 Å². The molecule has 3 rings (SSSR count). The molecule has 2 aromatic rings. The Balaban J connectivity index is 1.84. The van der Waals surface area contributed by atoms with Gasteiger partial charge in [-0.15, -0.1) is 0 Å². The number of rotatable bonds is 7. The van der Waals surface area contributed by atoms with Crippen LogP contribution < -0.4 is 19.7 Å². The maximum absolute atomic E-state index is 13.0. The number of amides is 2. The van der Waals surface area contributed by atoms with Gasteiger partial charge in [0.1, 0.15) is 17.1 Å². The summed E-state index contributed by atoms with van der Waals surface area (Å²) in [6, 6.07) is 13.1. The maximum Gasteiger partial charge on any atom is 0.344 e. The van der Waals surface area contributed by atoms with Crippen molar-refractivity contribution in [2.24, 2.45) is 0 Å². The molecule has 0 spiro atoms. The first-order valence-electron chi connectivity index (χ1n) is 9.44. The molecule has 1 unspecified atom stereocenters. The summed E-state index contributed by atoms with van der Waals surface area (Å²) in [4.78, 5) is 37.6. The summed E-state index contributed by atoms with van der Waals surface area (Å²) in [5.74, 6) is -1.23. The molecule has 1 fully saturated rings. The molecule has 0 bridgehead atoms. The number of aliphatic carboxylic acids is 1. The van der Waals surface area contributed by atoms with Gasteiger partial charge in [-0.1, -0.05) is 12.1 Å². The van der Waals surface area contributed by atoms with Crippen molar-refractivity contribution in [3.8, 4) is 11.5 Å². The summed E-state index contributed by atoms with van der Waals surface area (Å²) < 4.78 is 10.7. The number of carboxylic acid groups (broad SMARTS) is 1. The van der Waals surface area contributed by atoms with E-state index in [0.717, 1.165) is 0 Å². The number of carbonyl (C=O) groups is 3. The second-order valence-corrected chi connectivity index (χ2v) is 6.94. The SMILES string of the molecule is CCOc1ccc(N2C(=O)C(=Cc3ccc(OC(C)C(=O)O)cc3)C(=O)NC2=S)cc1. The smallest absolute Gasteiger partial charge is 0.344 e. The number of carbonyl (C=O) groups excluding carboxylic acids is 2. The molecule has 8 nitrogen and oxygen atoms in total. The number of anilines is 1. The Hall–Kier alpha value is -3.72. The third-order valence-corrected chi connectivity index (χ3v) is 4.64. The molecule has 1 atom stereocenters. The summed E-state index contributed by atoms with van der Waals surface area (Å²) in [5, 5.41) is 11.4. The predicted molar refractivity (Wildman–Crippen MR) is 118 cm³/mol. The highest BCUT2D eigenvalue weighted by Gasteiger charge is 2.34. The lowest BCUT2D eigenvalue weighted by atomic mass is 10.1. The van der Waals surface area contributed by atoms with E-state index in [0.29, 0.717) is 29.4 Å². The monoisotopic (exact) mass is 440 g/mol. The molecule has 2 amide bonds. The van der Waals surface area contributed by atoms with Crippen LogP contribution in [0.4, 0.5) is 5.69 Å². The highest BCUT2D eigenvalue weighted by molar-refractivity contribution is 7.80. The molecule has 1 aliphatic rings. The summed E-state index contributed by atoms with van der Waals surface area (Å²) in [6.07, 6.45) is 0.435. The van der Waals surface area contributed by atoms with E-state index >= 15 is 0 Å². The van der Waals surface area contributed by atoms with E-state index in [1.54, 1.807) is 48.5 Å². The lowest BCUT2D eigenvalue weighted by molar-refractivity contribution is -0.144. The standard InChI is InChI=1S/C22H20N2O6S/c1-3-29-16-10-6-15(7-11-16)24-20(26)18(19(25)23-22(24)31)12-14-4-8-17(9-5-14)30-13(2)21(27)28/h4-13H,3H2,1-2H3,(H,27,28)(H,23,25,31). The van der Waals surface area contributed by atoms with Gasteiger partial charge in [-0.3, -0.25) is 19.8 Å². The third kappa shape index (κ3) is 5.07. The zero-order valence-electron chi connectivity index (χ0n) is 16.8. The van der Waals surface area contributed by atoms with Crippen LogP contribution in [0.2, 0.25) is 0 Å². The fourth-order valence-corrected chi connectivity index (χ4v) is 3.09. The minimum atomic E-state index is -1.08. The average molecular weight is 440 g/mol. The van der Waals surface area contributed by atoms with Gasteiger partial charge in [0.2, 0.25) is 0 Å². The molecule has 1 heterocycles. The van der Waals surface area contributed by atoms with Crippen LogP contribution in [0.5, 0.6) is 11.5 Å². The van der Waals surface area contributed by atoms with Crippen LogP contribution in [-0.2, 0) is 14.4 Å². The molecule has 9 heteroatoms. The van der Waals surface area contributed by atoms with Gasteiger partial charge in [-0.2, -0.15) is 0 Å². The lowest BCUT2D eigenvalue weighted by Gasteiger charge is -2.29. The van der Waals surface area contributed by atoms with Gasteiger partial charge in [0.15, 0.2) is 11.2 Å². The number of carboxylic acids is 1. The Morgan fingerprint density at radius 2 is 1.74 bits per heavy atom. The average Bonchev–Trinajstić information content (AvgIpc) is 2.73. The lowest BCUT2D eigenvalue weighted by Crippen LogP contribution is -2.54. The van der Waals surface area contributed by atoms with E-state index in [2.05, 4.69) is 5.32 Å². The molecule has 0 saturated carbocycles. The van der Waals surface area contributed by atoms with Crippen molar-refractivity contribution in [2.75, 3.05) is 11.5 Å². The van der Waals surface area contributed by atoms with Crippen LogP contribution in [0.3, 0.4) is 0 Å². The topological polar surface area (TPSA) is 105 Å². The number of nitrogens with one attached hydrogen (secondary N) is 1. The first-order valence-corrected chi connectivity index (χ1v) is 9.85. The summed E-state index contributed by atoms with van der Waals surface area (Å²) in [7, 11) is 0. The molecular weight excluding hydrogens is 420 g/mol. The van der Waals surface area contributed by atoms with E-state index in [1.807, 2.05) is 6.92 Å². The minimum Gasteiger partial charge on any atom is -0.494 e.